The van der Waals surface area contributed by atoms with E-state index < -0.39 is 0 Å². The summed E-state index contributed by atoms with van der Waals surface area (Å²) in [7, 11) is 0. The van der Waals surface area contributed by atoms with Crippen LogP contribution in [-0.2, 0) is 6.42 Å². The van der Waals surface area contributed by atoms with Gasteiger partial charge in [-0.3, -0.25) is 0 Å². The molecule has 0 spiro atoms. The van der Waals surface area contributed by atoms with Gasteiger partial charge in [0.15, 0.2) is 0 Å². The van der Waals surface area contributed by atoms with Crippen LogP contribution in [0.15, 0.2) is 34.9 Å². The first-order valence-corrected chi connectivity index (χ1v) is 6.64. The standard InChI is InChI=1S/C15H21NO2/c1-2-16-14(4-3-8-17)10-12-5-6-13-7-9-18-15(13)11-12/h5-7,9,11,14,16-17H,2-4,8,10H2,1H3. The monoisotopic (exact) mass is 247 g/mol. The largest absolute Gasteiger partial charge is 0.464 e. The summed E-state index contributed by atoms with van der Waals surface area (Å²) in [5.41, 5.74) is 2.23. The summed E-state index contributed by atoms with van der Waals surface area (Å²) in [4.78, 5) is 0. The van der Waals surface area contributed by atoms with Crippen molar-refractivity contribution >= 4 is 11.0 Å². The van der Waals surface area contributed by atoms with Gasteiger partial charge in [0.25, 0.3) is 0 Å². The lowest BCUT2D eigenvalue weighted by atomic mass is 10.0. The summed E-state index contributed by atoms with van der Waals surface area (Å²) in [6.07, 6.45) is 4.55. The molecule has 1 aromatic carbocycles. The minimum atomic E-state index is 0.263. The lowest BCUT2D eigenvalue weighted by Gasteiger charge is -2.17. The highest BCUT2D eigenvalue weighted by atomic mass is 16.3. The second kappa shape index (κ2) is 6.57. The zero-order valence-electron chi connectivity index (χ0n) is 10.9. The Morgan fingerprint density at radius 3 is 3.00 bits per heavy atom. The molecular weight excluding hydrogens is 226 g/mol. The van der Waals surface area contributed by atoms with Crippen LogP contribution in [0.3, 0.4) is 0 Å². The fourth-order valence-electron chi connectivity index (χ4n) is 2.31. The van der Waals surface area contributed by atoms with Gasteiger partial charge in [0.1, 0.15) is 5.58 Å². The fraction of sp³-hybridized carbons (Fsp3) is 0.467. The molecule has 0 aliphatic carbocycles. The number of furan rings is 1. The zero-order valence-corrected chi connectivity index (χ0v) is 10.9. The van der Waals surface area contributed by atoms with Crippen molar-refractivity contribution in [2.45, 2.75) is 32.2 Å². The Kier molecular flexibility index (Phi) is 4.79. The van der Waals surface area contributed by atoms with Crippen LogP contribution in [0.5, 0.6) is 0 Å². The molecule has 0 aliphatic rings. The molecule has 3 nitrogen and oxygen atoms in total. The van der Waals surface area contributed by atoms with Crippen LogP contribution < -0.4 is 5.32 Å². The van der Waals surface area contributed by atoms with Gasteiger partial charge in [-0.2, -0.15) is 0 Å². The lowest BCUT2D eigenvalue weighted by Crippen LogP contribution is -2.31. The number of aliphatic hydroxyl groups is 1. The van der Waals surface area contributed by atoms with Gasteiger partial charge in [-0.25, -0.2) is 0 Å². The summed E-state index contributed by atoms with van der Waals surface area (Å²) < 4.78 is 5.42. The third kappa shape index (κ3) is 3.34. The zero-order chi connectivity index (χ0) is 12.8. The van der Waals surface area contributed by atoms with Gasteiger partial charge in [-0.1, -0.05) is 19.1 Å². The molecule has 1 atom stereocenters. The minimum absolute atomic E-state index is 0.263. The van der Waals surface area contributed by atoms with Crippen LogP contribution in [0.25, 0.3) is 11.0 Å². The molecule has 1 aromatic heterocycles. The topological polar surface area (TPSA) is 45.4 Å². The van der Waals surface area contributed by atoms with Gasteiger partial charge >= 0.3 is 0 Å². The molecule has 3 heteroatoms. The van der Waals surface area contributed by atoms with Crippen molar-refractivity contribution in [3.05, 3.63) is 36.1 Å². The van der Waals surface area contributed by atoms with E-state index in [4.69, 9.17) is 9.52 Å². The third-order valence-corrected chi connectivity index (χ3v) is 3.21. The highest BCUT2D eigenvalue weighted by molar-refractivity contribution is 5.77. The number of aliphatic hydroxyl groups excluding tert-OH is 1. The van der Waals surface area contributed by atoms with Crippen molar-refractivity contribution in [1.29, 1.82) is 0 Å². The van der Waals surface area contributed by atoms with E-state index in [9.17, 15) is 0 Å². The second-order valence-corrected chi connectivity index (χ2v) is 4.62. The predicted molar refractivity (Wildman–Crippen MR) is 73.7 cm³/mol. The number of rotatable bonds is 7. The van der Waals surface area contributed by atoms with Gasteiger partial charge in [0.2, 0.25) is 0 Å². The van der Waals surface area contributed by atoms with Crippen molar-refractivity contribution in [2.24, 2.45) is 0 Å². The normalized spacial score (nSPS) is 13.0. The lowest BCUT2D eigenvalue weighted by molar-refractivity contribution is 0.274. The molecule has 18 heavy (non-hydrogen) atoms. The average Bonchev–Trinajstić information content (AvgIpc) is 2.83. The van der Waals surface area contributed by atoms with Gasteiger partial charge in [-0.05, 0) is 43.5 Å². The number of fused-ring (bicyclic) bond motifs is 1. The number of benzene rings is 1. The number of nitrogens with one attached hydrogen (secondary N) is 1. The molecule has 0 aliphatic heterocycles. The van der Waals surface area contributed by atoms with Crippen LogP contribution >= 0.6 is 0 Å². The van der Waals surface area contributed by atoms with Crippen LogP contribution in [0.1, 0.15) is 25.3 Å². The maximum atomic E-state index is 8.92. The second-order valence-electron chi connectivity index (χ2n) is 4.62. The quantitative estimate of drug-likeness (QED) is 0.790. The minimum Gasteiger partial charge on any atom is -0.464 e. The number of hydrogen-bond donors (Lipinski definition) is 2. The van der Waals surface area contributed by atoms with E-state index in [0.717, 1.165) is 36.8 Å². The van der Waals surface area contributed by atoms with Crippen LogP contribution in [-0.4, -0.2) is 24.3 Å². The van der Waals surface area contributed by atoms with Crippen molar-refractivity contribution in [3.8, 4) is 0 Å². The van der Waals surface area contributed by atoms with Crippen molar-refractivity contribution in [2.75, 3.05) is 13.2 Å². The first-order valence-electron chi connectivity index (χ1n) is 6.64. The molecule has 98 valence electrons. The molecule has 2 rings (SSSR count). The summed E-state index contributed by atoms with van der Waals surface area (Å²) in [5, 5.41) is 13.5. The maximum absolute atomic E-state index is 8.92. The molecule has 0 saturated heterocycles. The van der Waals surface area contributed by atoms with Crippen molar-refractivity contribution in [3.63, 3.8) is 0 Å². The number of hydrogen-bond acceptors (Lipinski definition) is 3. The third-order valence-electron chi connectivity index (χ3n) is 3.21. The van der Waals surface area contributed by atoms with E-state index in [-0.39, 0.29) is 6.61 Å². The van der Waals surface area contributed by atoms with E-state index in [0.29, 0.717) is 6.04 Å². The molecule has 1 unspecified atom stereocenters. The van der Waals surface area contributed by atoms with Crippen molar-refractivity contribution < 1.29 is 9.52 Å². The van der Waals surface area contributed by atoms with Gasteiger partial charge in [0.05, 0.1) is 6.26 Å². The average molecular weight is 247 g/mol. The molecule has 2 aromatic rings. The van der Waals surface area contributed by atoms with Crippen LogP contribution in [0.4, 0.5) is 0 Å². The van der Waals surface area contributed by atoms with Crippen LogP contribution in [0, 0.1) is 0 Å². The first-order chi connectivity index (χ1) is 8.83. The first kappa shape index (κ1) is 13.1. The number of likely N-dealkylation sites (N-methyl/N-ethyl adjacent to an activating group) is 1. The van der Waals surface area contributed by atoms with E-state index in [1.54, 1.807) is 6.26 Å². The van der Waals surface area contributed by atoms with E-state index in [2.05, 4.69) is 30.4 Å². The Bertz CT molecular complexity index is 478. The molecule has 0 fully saturated rings. The molecule has 0 amide bonds. The Hall–Kier alpha value is -1.32. The van der Waals surface area contributed by atoms with E-state index >= 15 is 0 Å². The summed E-state index contributed by atoms with van der Waals surface area (Å²) >= 11 is 0. The highest BCUT2D eigenvalue weighted by Crippen LogP contribution is 2.18. The summed E-state index contributed by atoms with van der Waals surface area (Å²) in [6.45, 7) is 3.33. The van der Waals surface area contributed by atoms with E-state index in [1.165, 1.54) is 5.56 Å². The molecule has 0 bridgehead atoms. The summed E-state index contributed by atoms with van der Waals surface area (Å²) in [6, 6.07) is 8.77. The molecule has 0 saturated carbocycles. The predicted octanol–water partition coefficient (Wildman–Crippen LogP) is 2.73. The molecule has 2 N–H and O–H groups in total. The Morgan fingerprint density at radius 2 is 2.22 bits per heavy atom. The molecule has 1 heterocycles. The smallest absolute Gasteiger partial charge is 0.134 e. The Morgan fingerprint density at radius 1 is 1.33 bits per heavy atom. The maximum Gasteiger partial charge on any atom is 0.134 e. The summed E-state index contributed by atoms with van der Waals surface area (Å²) in [5.74, 6) is 0. The van der Waals surface area contributed by atoms with Gasteiger partial charge in [-0.15, -0.1) is 0 Å². The van der Waals surface area contributed by atoms with Gasteiger partial charge in [0, 0.05) is 18.0 Å². The Balaban J connectivity index is 2.04. The molecular formula is C15H21NO2. The SMILES string of the molecule is CCNC(CCCO)Cc1ccc2ccoc2c1. The van der Waals surface area contributed by atoms with Crippen LogP contribution in [0.2, 0.25) is 0 Å². The van der Waals surface area contributed by atoms with E-state index in [1.807, 2.05) is 6.07 Å². The van der Waals surface area contributed by atoms with Crippen molar-refractivity contribution in [1.82, 2.24) is 5.32 Å². The Labute approximate surface area is 108 Å². The van der Waals surface area contributed by atoms with Gasteiger partial charge < -0.3 is 14.8 Å². The fourth-order valence-corrected chi connectivity index (χ4v) is 2.31. The highest BCUT2D eigenvalue weighted by Gasteiger charge is 2.09. The molecule has 0 radical (unpaired) electrons.